The van der Waals surface area contributed by atoms with E-state index >= 15 is 0 Å². The molecule has 0 aliphatic heterocycles. The van der Waals surface area contributed by atoms with Crippen LogP contribution in [0.25, 0.3) is 0 Å². The summed E-state index contributed by atoms with van der Waals surface area (Å²) in [5.74, 6) is 0.735. The molecule has 1 N–H and O–H groups in total. The summed E-state index contributed by atoms with van der Waals surface area (Å²) in [5.41, 5.74) is 1.95. The fourth-order valence-electron chi connectivity index (χ4n) is 2.14. The van der Waals surface area contributed by atoms with Crippen molar-refractivity contribution in [2.24, 2.45) is 0 Å². The van der Waals surface area contributed by atoms with Gasteiger partial charge in [0.25, 0.3) is 0 Å². The molecule has 0 saturated carbocycles. The fraction of sp³-hybridized carbons (Fsp3) is 0.294. The van der Waals surface area contributed by atoms with Crippen LogP contribution in [0.1, 0.15) is 17.2 Å². The number of hydrogen-bond donors (Lipinski definition) is 1. The molecule has 0 saturated heterocycles. The highest BCUT2D eigenvalue weighted by Crippen LogP contribution is 2.20. The number of benzene rings is 2. The second-order valence-corrected chi connectivity index (χ2v) is 4.78. The predicted molar refractivity (Wildman–Crippen MR) is 81.8 cm³/mol. The third-order valence-electron chi connectivity index (χ3n) is 3.32. The van der Waals surface area contributed by atoms with Gasteiger partial charge in [0.15, 0.2) is 0 Å². The van der Waals surface area contributed by atoms with E-state index in [9.17, 15) is 5.11 Å². The minimum Gasteiger partial charge on any atom is -0.497 e. The molecule has 0 aliphatic carbocycles. The Hall–Kier alpha value is -1.88. The molecular formula is C17H21NO3. The third-order valence-corrected chi connectivity index (χ3v) is 3.32. The summed E-state index contributed by atoms with van der Waals surface area (Å²) in [5, 5.41) is 12.1. The van der Waals surface area contributed by atoms with Crippen LogP contribution >= 0.6 is 0 Å². The molecule has 0 amide bonds. The van der Waals surface area contributed by atoms with Crippen molar-refractivity contribution in [1.82, 2.24) is 5.06 Å². The molecular weight excluding hydrogens is 266 g/mol. The average Bonchev–Trinajstić information content (AvgIpc) is 2.55. The van der Waals surface area contributed by atoms with E-state index in [0.29, 0.717) is 13.1 Å². The quantitative estimate of drug-likeness (QED) is 0.795. The van der Waals surface area contributed by atoms with E-state index < -0.39 is 6.10 Å². The second kappa shape index (κ2) is 7.78. The van der Waals surface area contributed by atoms with Gasteiger partial charge in [0.05, 0.1) is 26.9 Å². The first kappa shape index (κ1) is 15.5. The smallest absolute Gasteiger partial charge is 0.119 e. The van der Waals surface area contributed by atoms with Crippen LogP contribution in [-0.4, -0.2) is 30.9 Å². The van der Waals surface area contributed by atoms with Crippen LogP contribution < -0.4 is 4.74 Å². The lowest BCUT2D eigenvalue weighted by molar-refractivity contribution is -0.156. The van der Waals surface area contributed by atoms with Crippen molar-refractivity contribution in [1.29, 1.82) is 0 Å². The lowest BCUT2D eigenvalue weighted by Crippen LogP contribution is -2.27. The molecule has 0 aromatic heterocycles. The normalized spacial score (nSPS) is 12.4. The fourth-order valence-corrected chi connectivity index (χ4v) is 2.14. The summed E-state index contributed by atoms with van der Waals surface area (Å²) in [7, 11) is 3.23. The van der Waals surface area contributed by atoms with Crippen LogP contribution in [0.4, 0.5) is 0 Å². The molecule has 2 aromatic carbocycles. The molecule has 0 radical (unpaired) electrons. The van der Waals surface area contributed by atoms with Gasteiger partial charge in [0.2, 0.25) is 0 Å². The maximum Gasteiger partial charge on any atom is 0.119 e. The summed E-state index contributed by atoms with van der Waals surface area (Å²) >= 11 is 0. The molecule has 112 valence electrons. The van der Waals surface area contributed by atoms with Crippen LogP contribution in [0, 0.1) is 0 Å². The Bertz CT molecular complexity index is 545. The summed E-state index contributed by atoms with van der Waals surface area (Å²) in [6, 6.07) is 17.5. The largest absolute Gasteiger partial charge is 0.497 e. The van der Waals surface area contributed by atoms with Crippen LogP contribution in [0.15, 0.2) is 54.6 Å². The Morgan fingerprint density at radius 3 is 2.48 bits per heavy atom. The monoisotopic (exact) mass is 287 g/mol. The molecule has 1 atom stereocenters. The Labute approximate surface area is 125 Å². The molecule has 0 bridgehead atoms. The van der Waals surface area contributed by atoms with Gasteiger partial charge in [0.1, 0.15) is 5.75 Å². The second-order valence-electron chi connectivity index (χ2n) is 4.78. The average molecular weight is 287 g/mol. The van der Waals surface area contributed by atoms with Crippen LogP contribution in [0.2, 0.25) is 0 Å². The molecule has 0 spiro atoms. The van der Waals surface area contributed by atoms with Crippen molar-refractivity contribution in [2.45, 2.75) is 12.6 Å². The molecule has 1 unspecified atom stereocenters. The molecule has 0 heterocycles. The van der Waals surface area contributed by atoms with Gasteiger partial charge in [-0.05, 0) is 23.3 Å². The van der Waals surface area contributed by atoms with Crippen LogP contribution in [-0.2, 0) is 11.4 Å². The Morgan fingerprint density at radius 2 is 1.81 bits per heavy atom. The maximum atomic E-state index is 10.3. The number of methoxy groups -OCH3 is 1. The first-order chi connectivity index (χ1) is 10.2. The molecule has 2 rings (SSSR count). The number of nitrogens with zero attached hydrogens (tertiary/aromatic N) is 1. The lowest BCUT2D eigenvalue weighted by Gasteiger charge is -2.23. The molecule has 21 heavy (non-hydrogen) atoms. The highest BCUT2D eigenvalue weighted by Gasteiger charge is 2.14. The molecule has 0 aliphatic rings. The minimum absolute atomic E-state index is 0.387. The number of hydrogen-bond acceptors (Lipinski definition) is 4. The highest BCUT2D eigenvalue weighted by atomic mass is 16.7. The summed E-state index contributed by atoms with van der Waals surface area (Å²) in [6.45, 7) is 1.01. The van der Waals surface area contributed by atoms with E-state index in [1.807, 2.05) is 54.6 Å². The van der Waals surface area contributed by atoms with E-state index in [-0.39, 0.29) is 0 Å². The number of aliphatic hydroxyl groups is 1. The zero-order valence-corrected chi connectivity index (χ0v) is 12.4. The van der Waals surface area contributed by atoms with Crippen molar-refractivity contribution in [3.63, 3.8) is 0 Å². The van der Waals surface area contributed by atoms with Gasteiger partial charge < -0.3 is 14.7 Å². The van der Waals surface area contributed by atoms with Gasteiger partial charge >= 0.3 is 0 Å². The summed E-state index contributed by atoms with van der Waals surface area (Å²) < 4.78 is 5.18. The Morgan fingerprint density at radius 1 is 1.05 bits per heavy atom. The van der Waals surface area contributed by atoms with Crippen LogP contribution in [0.5, 0.6) is 5.75 Å². The summed E-state index contributed by atoms with van der Waals surface area (Å²) in [6.07, 6.45) is -0.635. The number of rotatable bonds is 7. The van der Waals surface area contributed by atoms with Crippen LogP contribution in [0.3, 0.4) is 0 Å². The highest BCUT2D eigenvalue weighted by molar-refractivity contribution is 5.29. The van der Waals surface area contributed by atoms with Gasteiger partial charge in [-0.3, -0.25) is 0 Å². The SMILES string of the molecule is COc1cccc(C(O)CN(Cc2ccccc2)OC)c1. The Balaban J connectivity index is 2.00. The van der Waals surface area contributed by atoms with Crippen molar-refractivity contribution >= 4 is 0 Å². The zero-order chi connectivity index (χ0) is 15.1. The number of aliphatic hydroxyl groups excluding tert-OH is 1. The maximum absolute atomic E-state index is 10.3. The van der Waals surface area contributed by atoms with E-state index in [1.54, 1.807) is 19.3 Å². The summed E-state index contributed by atoms with van der Waals surface area (Å²) in [4.78, 5) is 5.35. The third kappa shape index (κ3) is 4.56. The van der Waals surface area contributed by atoms with Gasteiger partial charge in [-0.1, -0.05) is 42.5 Å². The topological polar surface area (TPSA) is 41.9 Å². The van der Waals surface area contributed by atoms with E-state index in [4.69, 9.17) is 9.57 Å². The van der Waals surface area contributed by atoms with Gasteiger partial charge in [-0.2, -0.15) is 5.06 Å². The molecule has 2 aromatic rings. The first-order valence-corrected chi connectivity index (χ1v) is 6.88. The zero-order valence-electron chi connectivity index (χ0n) is 12.4. The van der Waals surface area contributed by atoms with E-state index in [1.165, 1.54) is 0 Å². The van der Waals surface area contributed by atoms with E-state index in [0.717, 1.165) is 16.9 Å². The van der Waals surface area contributed by atoms with E-state index in [2.05, 4.69) is 0 Å². The Kier molecular flexibility index (Phi) is 5.75. The standard InChI is InChI=1S/C17H21NO3/c1-20-16-10-6-9-15(11-16)17(19)13-18(21-2)12-14-7-4-3-5-8-14/h3-11,17,19H,12-13H2,1-2H3. The first-order valence-electron chi connectivity index (χ1n) is 6.88. The van der Waals surface area contributed by atoms with Crippen molar-refractivity contribution < 1.29 is 14.7 Å². The lowest BCUT2D eigenvalue weighted by atomic mass is 10.1. The molecule has 4 heteroatoms. The van der Waals surface area contributed by atoms with Crippen molar-refractivity contribution in [2.75, 3.05) is 20.8 Å². The van der Waals surface area contributed by atoms with Crippen molar-refractivity contribution in [3.05, 3.63) is 65.7 Å². The van der Waals surface area contributed by atoms with Gasteiger partial charge in [-0.25, -0.2) is 0 Å². The predicted octanol–water partition coefficient (Wildman–Crippen LogP) is 2.79. The minimum atomic E-state index is -0.635. The van der Waals surface area contributed by atoms with Crippen molar-refractivity contribution in [3.8, 4) is 5.75 Å². The van der Waals surface area contributed by atoms with Gasteiger partial charge in [-0.15, -0.1) is 0 Å². The number of ether oxygens (including phenoxy) is 1. The van der Waals surface area contributed by atoms with Gasteiger partial charge in [0, 0.05) is 6.54 Å². The number of hydroxylamine groups is 2. The molecule has 4 nitrogen and oxygen atoms in total. The molecule has 0 fully saturated rings.